The molecule has 2 bridgehead atoms. The molecule has 6 rings (SSSR count). The lowest BCUT2D eigenvalue weighted by atomic mass is 9.83. The van der Waals surface area contributed by atoms with Crippen LogP contribution >= 0.6 is 0 Å². The van der Waals surface area contributed by atoms with Crippen LogP contribution in [0.25, 0.3) is 17.0 Å². The smallest absolute Gasteiger partial charge is 0.456 e. The highest BCUT2D eigenvalue weighted by atomic mass is 19.4. The van der Waals surface area contributed by atoms with Crippen LogP contribution in [0, 0.1) is 0 Å². The van der Waals surface area contributed by atoms with Gasteiger partial charge in [0.15, 0.2) is 5.82 Å². The molecule has 0 radical (unpaired) electrons. The number of piperidine rings is 1. The molecule has 2 atom stereocenters. The van der Waals surface area contributed by atoms with Crippen LogP contribution in [0.5, 0.6) is 11.5 Å². The second-order valence-electron chi connectivity index (χ2n) is 8.54. The van der Waals surface area contributed by atoms with Gasteiger partial charge in [-0.25, -0.2) is 5.10 Å². The number of benzene rings is 2. The molecule has 0 aliphatic carbocycles. The predicted octanol–water partition coefficient (Wildman–Crippen LogP) is 4.49. The topological polar surface area (TPSA) is 84.0 Å². The summed E-state index contributed by atoms with van der Waals surface area (Å²) in [4.78, 5) is 13.1. The number of tetrazole rings is 1. The number of nitrogens with zero attached hydrogens (tertiary/aromatic N) is 4. The molecule has 3 aliphatic heterocycles. The van der Waals surface area contributed by atoms with E-state index in [2.05, 4.69) is 20.6 Å². The van der Waals surface area contributed by atoms with Gasteiger partial charge in [-0.2, -0.15) is 13.2 Å². The van der Waals surface area contributed by atoms with Crippen LogP contribution in [0.1, 0.15) is 36.8 Å². The van der Waals surface area contributed by atoms with E-state index in [1.807, 2.05) is 42.5 Å². The van der Waals surface area contributed by atoms with Crippen molar-refractivity contribution < 1.29 is 22.7 Å². The average molecular weight is 453 g/mol. The van der Waals surface area contributed by atoms with Gasteiger partial charge in [0.25, 0.3) is 0 Å². The van der Waals surface area contributed by atoms with E-state index in [0.717, 1.165) is 32.7 Å². The van der Waals surface area contributed by atoms with Crippen molar-refractivity contribution in [3.63, 3.8) is 0 Å². The number of rotatable bonds is 1. The Balaban J connectivity index is 1.45. The maximum atomic E-state index is 13.2. The summed E-state index contributed by atoms with van der Waals surface area (Å²) in [6.45, 7) is 0. The molecule has 7 nitrogen and oxygen atoms in total. The van der Waals surface area contributed by atoms with Gasteiger partial charge in [-0.05, 0) is 59.9 Å². The Kier molecular flexibility index (Phi) is 4.33. The number of ether oxygens (including phenoxy) is 1. The van der Waals surface area contributed by atoms with E-state index in [0.29, 0.717) is 43.0 Å². The fourth-order valence-corrected chi connectivity index (χ4v) is 5.34. The third-order valence-electron chi connectivity index (χ3n) is 6.66. The van der Waals surface area contributed by atoms with Crippen molar-refractivity contribution in [2.24, 2.45) is 0 Å². The number of aromatic amines is 1. The number of aromatic nitrogens is 4. The predicted molar refractivity (Wildman–Crippen MR) is 111 cm³/mol. The molecule has 0 saturated carbocycles. The lowest BCUT2D eigenvalue weighted by Crippen LogP contribution is -2.50. The zero-order valence-electron chi connectivity index (χ0n) is 17.3. The highest BCUT2D eigenvalue weighted by molar-refractivity contribution is 5.91. The van der Waals surface area contributed by atoms with Gasteiger partial charge in [-0.1, -0.05) is 29.8 Å². The average Bonchev–Trinajstić information content (AvgIpc) is 3.42. The third kappa shape index (κ3) is 3.20. The Labute approximate surface area is 186 Å². The van der Waals surface area contributed by atoms with Crippen molar-refractivity contribution in [3.8, 4) is 22.9 Å². The fourth-order valence-electron chi connectivity index (χ4n) is 5.34. The van der Waals surface area contributed by atoms with E-state index in [9.17, 15) is 18.0 Å². The lowest BCUT2D eigenvalue weighted by Gasteiger charge is -2.38. The number of carbonyl (C=O) groups excluding carboxylic acids is 1. The van der Waals surface area contributed by atoms with Gasteiger partial charge < -0.3 is 9.64 Å². The Morgan fingerprint density at radius 3 is 2.45 bits per heavy atom. The van der Waals surface area contributed by atoms with E-state index >= 15 is 0 Å². The molecule has 3 aliphatic rings. The fraction of sp³-hybridized carbons (Fsp3) is 0.304. The molecule has 2 aromatic carbocycles. The van der Waals surface area contributed by atoms with Gasteiger partial charge in [0.1, 0.15) is 11.5 Å². The lowest BCUT2D eigenvalue weighted by molar-refractivity contribution is -0.189. The van der Waals surface area contributed by atoms with Crippen molar-refractivity contribution in [1.82, 2.24) is 25.5 Å². The molecule has 2 unspecified atom stereocenters. The van der Waals surface area contributed by atoms with Gasteiger partial charge >= 0.3 is 12.1 Å². The van der Waals surface area contributed by atoms with Gasteiger partial charge in [-0.3, -0.25) is 4.79 Å². The minimum Gasteiger partial charge on any atom is -0.456 e. The Morgan fingerprint density at radius 2 is 1.76 bits per heavy atom. The zero-order chi connectivity index (χ0) is 22.7. The number of amides is 1. The summed E-state index contributed by atoms with van der Waals surface area (Å²) >= 11 is 0. The molecule has 2 fully saturated rings. The first kappa shape index (κ1) is 20.0. The molecule has 1 amide bonds. The van der Waals surface area contributed by atoms with E-state index in [1.54, 1.807) is 0 Å². The van der Waals surface area contributed by atoms with E-state index in [1.165, 1.54) is 0 Å². The van der Waals surface area contributed by atoms with Crippen LogP contribution in [-0.4, -0.2) is 49.7 Å². The van der Waals surface area contributed by atoms with Crippen LogP contribution in [0.2, 0.25) is 0 Å². The molecule has 10 heteroatoms. The van der Waals surface area contributed by atoms with Gasteiger partial charge in [0.2, 0.25) is 0 Å². The number of halogens is 3. The van der Waals surface area contributed by atoms with Crippen LogP contribution in [0.3, 0.4) is 0 Å². The van der Waals surface area contributed by atoms with Crippen molar-refractivity contribution in [1.29, 1.82) is 0 Å². The molecule has 168 valence electrons. The molecule has 1 N–H and O–H groups in total. The monoisotopic (exact) mass is 453 g/mol. The van der Waals surface area contributed by atoms with Crippen LogP contribution < -0.4 is 4.74 Å². The highest BCUT2D eigenvalue weighted by Crippen LogP contribution is 2.50. The van der Waals surface area contributed by atoms with Crippen molar-refractivity contribution in [2.75, 3.05) is 0 Å². The maximum absolute atomic E-state index is 13.2. The Morgan fingerprint density at radius 1 is 1.03 bits per heavy atom. The molecule has 33 heavy (non-hydrogen) atoms. The number of carbonyl (C=O) groups is 1. The van der Waals surface area contributed by atoms with Crippen LogP contribution in [-0.2, 0) is 4.79 Å². The molecule has 1 aromatic heterocycles. The number of H-pyrrole nitrogens is 1. The molecule has 3 aromatic rings. The van der Waals surface area contributed by atoms with E-state index in [4.69, 9.17) is 4.74 Å². The summed E-state index contributed by atoms with van der Waals surface area (Å²) in [6.07, 6.45) is -2.88. The first-order chi connectivity index (χ1) is 15.9. The van der Waals surface area contributed by atoms with E-state index < -0.39 is 24.2 Å². The number of alkyl halides is 3. The Hall–Kier alpha value is -3.69. The third-order valence-corrected chi connectivity index (χ3v) is 6.66. The molecule has 4 heterocycles. The second-order valence-corrected chi connectivity index (χ2v) is 8.54. The van der Waals surface area contributed by atoms with Gasteiger partial charge in [0, 0.05) is 28.8 Å². The van der Waals surface area contributed by atoms with Gasteiger partial charge in [-0.15, -0.1) is 5.10 Å². The van der Waals surface area contributed by atoms with Crippen LogP contribution in [0.15, 0.2) is 48.0 Å². The summed E-state index contributed by atoms with van der Waals surface area (Å²) in [6, 6.07) is 12.4. The first-order valence-electron chi connectivity index (χ1n) is 10.7. The number of para-hydroxylation sites is 1. The quantitative estimate of drug-likeness (QED) is 0.459. The van der Waals surface area contributed by atoms with Crippen molar-refractivity contribution >= 4 is 11.5 Å². The number of hydrogen-bond donors (Lipinski definition) is 1. The number of nitrogens with one attached hydrogen (secondary N) is 1. The number of hydrogen-bond acceptors (Lipinski definition) is 5. The maximum Gasteiger partial charge on any atom is 0.471 e. The summed E-state index contributed by atoms with van der Waals surface area (Å²) < 4.78 is 45.7. The zero-order valence-corrected chi connectivity index (χ0v) is 17.3. The molecular weight excluding hydrogens is 435 g/mol. The largest absolute Gasteiger partial charge is 0.471 e. The minimum atomic E-state index is -4.85. The standard InChI is InChI=1S/C23H18F3N5O2/c24-23(25,26)22(32)31-14-6-7-15(31)10-13(9-14)20-16-3-1-2-4-18(16)33-19-11-12(5-8-17(19)20)21-27-29-30-28-21/h1-5,8,11,14-15H,6-7,9-10H2,(H,27,28,29,30). The molecule has 0 spiro atoms. The second kappa shape index (κ2) is 7.16. The SMILES string of the molecule is O=C(N1C2CCC1CC(=C1c3ccccc3Oc3cc(-c4nnn[nH]4)ccc31)C2)C(F)(F)F. The summed E-state index contributed by atoms with van der Waals surface area (Å²) in [5.41, 5.74) is 4.57. The normalized spacial score (nSPS) is 21.5. The summed E-state index contributed by atoms with van der Waals surface area (Å²) in [5, 5.41) is 13.9. The van der Waals surface area contributed by atoms with Crippen molar-refractivity contribution in [3.05, 3.63) is 59.2 Å². The minimum absolute atomic E-state index is 0.412. The van der Waals surface area contributed by atoms with Gasteiger partial charge in [0.05, 0.1) is 0 Å². The first-order valence-corrected chi connectivity index (χ1v) is 10.7. The highest BCUT2D eigenvalue weighted by Gasteiger charge is 2.51. The summed E-state index contributed by atoms with van der Waals surface area (Å²) in [5.74, 6) is 0.0938. The van der Waals surface area contributed by atoms with Crippen molar-refractivity contribution in [2.45, 2.75) is 43.9 Å². The van der Waals surface area contributed by atoms with Crippen LogP contribution in [0.4, 0.5) is 13.2 Å². The number of fused-ring (bicyclic) bond motifs is 4. The van der Waals surface area contributed by atoms with E-state index in [-0.39, 0.29) is 0 Å². The summed E-state index contributed by atoms with van der Waals surface area (Å²) in [7, 11) is 0. The molecule has 2 saturated heterocycles. The molecular formula is C23H18F3N5O2. The Bertz CT molecular complexity index is 1270.